The first-order valence-corrected chi connectivity index (χ1v) is 7.48. The van der Waals surface area contributed by atoms with Crippen LogP contribution in [0.25, 0.3) is 11.5 Å². The fourth-order valence-electron chi connectivity index (χ4n) is 2.40. The molecule has 3 rings (SSSR count). The molecule has 126 valence electrons. The molecule has 0 aliphatic rings. The van der Waals surface area contributed by atoms with Crippen molar-refractivity contribution in [2.24, 2.45) is 0 Å². The number of aryl methyl sites for hydroxylation is 1. The van der Waals surface area contributed by atoms with E-state index < -0.39 is 11.6 Å². The van der Waals surface area contributed by atoms with Crippen molar-refractivity contribution in [1.29, 1.82) is 0 Å². The van der Waals surface area contributed by atoms with Gasteiger partial charge in [-0.2, -0.15) is 0 Å². The maximum Gasteiger partial charge on any atom is 0.229 e. The second kappa shape index (κ2) is 6.52. The highest BCUT2D eigenvalue weighted by Crippen LogP contribution is 2.27. The zero-order valence-corrected chi connectivity index (χ0v) is 13.6. The third-order valence-corrected chi connectivity index (χ3v) is 4.02. The third-order valence-electron chi connectivity index (χ3n) is 4.02. The highest BCUT2D eigenvalue weighted by atomic mass is 19.2. The standard InChI is InChI=1S/C17H17F2N3O2/c1-10(14-7-8-23-21-14)22(3)9-15-11(2)24-17(20-15)12-5-4-6-13(18)16(12)19/h4-8,10H,9H2,1-3H3. The van der Waals surface area contributed by atoms with Gasteiger partial charge in [0.2, 0.25) is 5.89 Å². The van der Waals surface area contributed by atoms with Crippen LogP contribution in [0.1, 0.15) is 30.1 Å². The van der Waals surface area contributed by atoms with Crippen molar-refractivity contribution in [1.82, 2.24) is 15.0 Å². The van der Waals surface area contributed by atoms with Gasteiger partial charge in [0.1, 0.15) is 17.7 Å². The SMILES string of the molecule is Cc1oc(-c2cccc(F)c2F)nc1CN(C)C(C)c1ccon1. The maximum atomic E-state index is 13.9. The molecule has 0 radical (unpaired) electrons. The first-order chi connectivity index (χ1) is 11.5. The Balaban J connectivity index is 1.83. The molecule has 0 aliphatic carbocycles. The molecule has 3 aromatic rings. The third kappa shape index (κ3) is 3.07. The van der Waals surface area contributed by atoms with Crippen LogP contribution in [0.2, 0.25) is 0 Å². The topological polar surface area (TPSA) is 55.3 Å². The van der Waals surface area contributed by atoms with Crippen LogP contribution in [0.15, 0.2) is 39.5 Å². The Kier molecular flexibility index (Phi) is 4.44. The Hall–Kier alpha value is -2.54. The van der Waals surface area contributed by atoms with Gasteiger partial charge in [0.25, 0.3) is 0 Å². The molecule has 0 saturated carbocycles. The van der Waals surface area contributed by atoms with Crippen molar-refractivity contribution >= 4 is 0 Å². The second-order valence-electron chi connectivity index (χ2n) is 5.64. The normalized spacial score (nSPS) is 12.8. The van der Waals surface area contributed by atoms with E-state index in [0.717, 1.165) is 11.8 Å². The number of halogens is 2. The summed E-state index contributed by atoms with van der Waals surface area (Å²) < 4.78 is 37.7. The van der Waals surface area contributed by atoms with E-state index >= 15 is 0 Å². The Bertz CT molecular complexity index is 830. The first kappa shape index (κ1) is 16.3. The van der Waals surface area contributed by atoms with Gasteiger partial charge >= 0.3 is 0 Å². The lowest BCUT2D eigenvalue weighted by molar-refractivity contribution is 0.237. The van der Waals surface area contributed by atoms with Crippen LogP contribution in [0, 0.1) is 18.6 Å². The fourth-order valence-corrected chi connectivity index (χ4v) is 2.40. The van der Waals surface area contributed by atoms with Gasteiger partial charge in [0.15, 0.2) is 11.6 Å². The quantitative estimate of drug-likeness (QED) is 0.703. The maximum absolute atomic E-state index is 13.9. The molecule has 1 aromatic carbocycles. The van der Waals surface area contributed by atoms with E-state index in [1.54, 1.807) is 13.0 Å². The summed E-state index contributed by atoms with van der Waals surface area (Å²) in [5.74, 6) is -1.26. The molecule has 0 bridgehead atoms. The van der Waals surface area contributed by atoms with Crippen molar-refractivity contribution in [3.05, 3.63) is 59.3 Å². The summed E-state index contributed by atoms with van der Waals surface area (Å²) in [4.78, 5) is 6.34. The molecule has 5 nitrogen and oxygen atoms in total. The molecular weight excluding hydrogens is 316 g/mol. The van der Waals surface area contributed by atoms with E-state index in [1.165, 1.54) is 18.4 Å². The lowest BCUT2D eigenvalue weighted by Gasteiger charge is -2.21. The zero-order valence-electron chi connectivity index (χ0n) is 13.6. The molecule has 2 heterocycles. The Morgan fingerprint density at radius 3 is 2.75 bits per heavy atom. The van der Waals surface area contributed by atoms with Gasteiger partial charge in [-0.1, -0.05) is 11.2 Å². The molecule has 1 atom stereocenters. The van der Waals surface area contributed by atoms with Crippen molar-refractivity contribution in [2.45, 2.75) is 26.4 Å². The minimum Gasteiger partial charge on any atom is -0.441 e. The predicted octanol–water partition coefficient (Wildman–Crippen LogP) is 4.11. The van der Waals surface area contributed by atoms with Crippen LogP contribution in [0.4, 0.5) is 8.78 Å². The van der Waals surface area contributed by atoms with E-state index in [9.17, 15) is 8.78 Å². The average Bonchev–Trinajstić information content (AvgIpc) is 3.20. The van der Waals surface area contributed by atoms with Crippen molar-refractivity contribution < 1.29 is 17.7 Å². The summed E-state index contributed by atoms with van der Waals surface area (Å²) in [7, 11) is 1.91. The Labute approximate surface area is 137 Å². The molecule has 0 aliphatic heterocycles. The largest absolute Gasteiger partial charge is 0.441 e. The molecular formula is C17H17F2N3O2. The lowest BCUT2D eigenvalue weighted by Crippen LogP contribution is -2.22. The monoisotopic (exact) mass is 333 g/mol. The molecule has 0 fully saturated rings. The van der Waals surface area contributed by atoms with Crippen LogP contribution in [0.5, 0.6) is 0 Å². The molecule has 7 heteroatoms. The van der Waals surface area contributed by atoms with Crippen LogP contribution < -0.4 is 0 Å². The van der Waals surface area contributed by atoms with Crippen molar-refractivity contribution in [3.8, 4) is 11.5 Å². The minimum atomic E-state index is -0.963. The number of nitrogens with zero attached hydrogens (tertiary/aromatic N) is 3. The lowest BCUT2D eigenvalue weighted by atomic mass is 10.2. The average molecular weight is 333 g/mol. The zero-order chi connectivity index (χ0) is 17.3. The molecule has 0 saturated heterocycles. The molecule has 0 N–H and O–H groups in total. The highest BCUT2D eigenvalue weighted by Gasteiger charge is 2.20. The van der Waals surface area contributed by atoms with Gasteiger partial charge < -0.3 is 8.94 Å². The predicted molar refractivity (Wildman–Crippen MR) is 83.0 cm³/mol. The summed E-state index contributed by atoms with van der Waals surface area (Å²) in [5, 5.41) is 3.92. The van der Waals surface area contributed by atoms with E-state index in [-0.39, 0.29) is 17.5 Å². The molecule has 0 spiro atoms. The van der Waals surface area contributed by atoms with Gasteiger partial charge in [-0.15, -0.1) is 0 Å². The van der Waals surface area contributed by atoms with Gasteiger partial charge in [0.05, 0.1) is 17.3 Å². The van der Waals surface area contributed by atoms with Crippen LogP contribution in [-0.4, -0.2) is 22.1 Å². The highest BCUT2D eigenvalue weighted by molar-refractivity contribution is 5.54. The van der Waals surface area contributed by atoms with E-state index in [4.69, 9.17) is 8.94 Å². The van der Waals surface area contributed by atoms with Crippen LogP contribution in [-0.2, 0) is 6.54 Å². The number of hydrogen-bond donors (Lipinski definition) is 0. The Morgan fingerprint density at radius 1 is 1.25 bits per heavy atom. The van der Waals surface area contributed by atoms with Gasteiger partial charge in [-0.05, 0) is 33.0 Å². The minimum absolute atomic E-state index is 0.00852. The van der Waals surface area contributed by atoms with E-state index in [1.807, 2.05) is 18.9 Å². The van der Waals surface area contributed by atoms with Gasteiger partial charge in [-0.3, -0.25) is 4.90 Å². The fraction of sp³-hybridized carbons (Fsp3) is 0.294. The summed E-state index contributed by atoms with van der Waals surface area (Å²) in [6, 6.07) is 5.73. The first-order valence-electron chi connectivity index (χ1n) is 7.48. The molecule has 0 amide bonds. The summed E-state index contributed by atoms with van der Waals surface area (Å²) in [6.45, 7) is 4.21. The smallest absolute Gasteiger partial charge is 0.229 e. The number of oxazole rings is 1. The summed E-state index contributed by atoms with van der Waals surface area (Å²) >= 11 is 0. The number of aromatic nitrogens is 2. The van der Waals surface area contributed by atoms with Crippen molar-refractivity contribution in [3.63, 3.8) is 0 Å². The number of rotatable bonds is 5. The summed E-state index contributed by atoms with van der Waals surface area (Å²) in [6.07, 6.45) is 1.52. The Morgan fingerprint density at radius 2 is 2.04 bits per heavy atom. The van der Waals surface area contributed by atoms with Gasteiger partial charge in [0, 0.05) is 12.6 Å². The second-order valence-corrected chi connectivity index (χ2v) is 5.64. The molecule has 24 heavy (non-hydrogen) atoms. The van der Waals surface area contributed by atoms with Crippen molar-refractivity contribution in [2.75, 3.05) is 7.05 Å². The van der Waals surface area contributed by atoms with E-state index in [2.05, 4.69) is 10.1 Å². The van der Waals surface area contributed by atoms with Crippen LogP contribution in [0.3, 0.4) is 0 Å². The van der Waals surface area contributed by atoms with Gasteiger partial charge in [-0.25, -0.2) is 13.8 Å². The van der Waals surface area contributed by atoms with Crippen LogP contribution >= 0.6 is 0 Å². The van der Waals surface area contributed by atoms with E-state index in [0.29, 0.717) is 18.0 Å². The molecule has 2 aromatic heterocycles. The number of benzene rings is 1. The number of hydrogen-bond acceptors (Lipinski definition) is 5. The summed E-state index contributed by atoms with van der Waals surface area (Å²) in [5.41, 5.74) is 1.47. The molecule has 1 unspecified atom stereocenters.